The molecule has 3 fully saturated rings. The topological polar surface area (TPSA) is 98.2 Å². The molecule has 3 heterocycles. The molecule has 2 N–H and O–H groups in total. The van der Waals surface area contributed by atoms with Gasteiger partial charge >= 0.3 is 5.97 Å². The van der Waals surface area contributed by atoms with Crippen molar-refractivity contribution in [2.24, 2.45) is 17.3 Å². The Bertz CT molecular complexity index is 792. The van der Waals surface area contributed by atoms with Gasteiger partial charge in [-0.15, -0.1) is 18.3 Å². The molecule has 2 bridgehead atoms. The lowest BCUT2D eigenvalue weighted by atomic mass is 9.71. The third kappa shape index (κ3) is 4.09. The number of hydrogen-bond donors (Lipinski definition) is 2. The number of fused-ring (bicyclic) bond motifs is 1. The lowest BCUT2D eigenvalue weighted by Crippen LogP contribution is -2.60. The maximum Gasteiger partial charge on any atom is 0.308 e. The van der Waals surface area contributed by atoms with E-state index < -0.39 is 34.1 Å². The number of aliphatic hydroxyl groups is 1. The largest absolute Gasteiger partial charge is 0.481 e. The minimum Gasteiger partial charge on any atom is -0.481 e. The fraction of sp³-hybridized carbons (Fsp3) is 0.792. The van der Waals surface area contributed by atoms with Crippen LogP contribution in [0.4, 0.5) is 0 Å². The van der Waals surface area contributed by atoms with Gasteiger partial charge in [-0.1, -0.05) is 26.8 Å². The van der Waals surface area contributed by atoms with Crippen LogP contribution in [0.25, 0.3) is 0 Å². The number of carbonyl (C=O) groups excluding carboxylic acids is 2. The van der Waals surface area contributed by atoms with Gasteiger partial charge in [0.15, 0.2) is 0 Å². The number of aliphatic carboxylic acids is 1. The third-order valence-corrected chi connectivity index (χ3v) is 9.10. The van der Waals surface area contributed by atoms with E-state index >= 15 is 0 Å². The van der Waals surface area contributed by atoms with Gasteiger partial charge in [0.05, 0.1) is 16.6 Å². The van der Waals surface area contributed by atoms with E-state index in [4.69, 9.17) is 0 Å². The van der Waals surface area contributed by atoms with Gasteiger partial charge in [0.25, 0.3) is 0 Å². The molecule has 5 atom stereocenters. The van der Waals surface area contributed by atoms with Gasteiger partial charge in [-0.05, 0) is 44.9 Å². The average molecular weight is 467 g/mol. The molecule has 1 spiro atoms. The van der Waals surface area contributed by atoms with Crippen molar-refractivity contribution in [1.29, 1.82) is 0 Å². The van der Waals surface area contributed by atoms with E-state index in [2.05, 4.69) is 27.4 Å². The standard InChI is InChI=1S/C24H38N2O5S/c1-7-11-26(23(5,6)14-22(2,3)4)20(29)18-24-10-9-15(32-24)16(21(30)31)17(24)19(28)25(18)12-8-13-27/h7,15-18,27H,1,8-14H2,2-6H3,(H,30,31)/t15-,16+,17-,18?,24?/m0/s1. The summed E-state index contributed by atoms with van der Waals surface area (Å²) in [4.78, 5) is 43.3. The summed E-state index contributed by atoms with van der Waals surface area (Å²) in [5.74, 6) is -2.77. The molecule has 3 aliphatic rings. The Morgan fingerprint density at radius 1 is 1.31 bits per heavy atom. The smallest absolute Gasteiger partial charge is 0.308 e. The third-order valence-electron chi connectivity index (χ3n) is 7.15. The second kappa shape index (κ2) is 8.67. The number of carbonyl (C=O) groups is 3. The molecular weight excluding hydrogens is 428 g/mol. The summed E-state index contributed by atoms with van der Waals surface area (Å²) in [7, 11) is 0. The Labute approximate surface area is 195 Å². The second-order valence-corrected chi connectivity index (χ2v) is 12.9. The van der Waals surface area contributed by atoms with Crippen LogP contribution >= 0.6 is 11.8 Å². The Morgan fingerprint density at radius 2 is 1.97 bits per heavy atom. The quantitative estimate of drug-likeness (QED) is 0.507. The fourth-order valence-corrected chi connectivity index (χ4v) is 8.71. The van der Waals surface area contributed by atoms with Crippen LogP contribution in [0.1, 0.15) is 60.3 Å². The Hall–Kier alpha value is -1.54. The summed E-state index contributed by atoms with van der Waals surface area (Å²) < 4.78 is -0.714. The van der Waals surface area contributed by atoms with E-state index in [0.29, 0.717) is 25.8 Å². The van der Waals surface area contributed by atoms with Crippen LogP contribution < -0.4 is 0 Å². The molecule has 3 saturated heterocycles. The first kappa shape index (κ1) is 25.1. The summed E-state index contributed by atoms with van der Waals surface area (Å²) in [5.41, 5.74) is -0.488. The van der Waals surface area contributed by atoms with Gasteiger partial charge in [-0.2, -0.15) is 0 Å². The average Bonchev–Trinajstić information content (AvgIpc) is 3.29. The first-order valence-corrected chi connectivity index (χ1v) is 12.4. The number of amides is 2. The molecule has 2 unspecified atom stereocenters. The first-order valence-electron chi connectivity index (χ1n) is 11.5. The molecule has 0 saturated carbocycles. The van der Waals surface area contributed by atoms with Crippen molar-refractivity contribution < 1.29 is 24.6 Å². The molecule has 0 aliphatic carbocycles. The maximum atomic E-state index is 14.2. The zero-order valence-corrected chi connectivity index (χ0v) is 20.8. The van der Waals surface area contributed by atoms with E-state index in [1.807, 2.05) is 18.7 Å². The van der Waals surface area contributed by atoms with Crippen LogP contribution in [-0.4, -0.2) is 79.1 Å². The lowest BCUT2D eigenvalue weighted by Gasteiger charge is -2.46. The number of hydrogen-bond acceptors (Lipinski definition) is 5. The highest BCUT2D eigenvalue weighted by atomic mass is 32.2. The van der Waals surface area contributed by atoms with E-state index in [1.54, 1.807) is 22.7 Å². The molecule has 180 valence electrons. The monoisotopic (exact) mass is 466 g/mol. The summed E-state index contributed by atoms with van der Waals surface area (Å²) in [5, 5.41) is 19.2. The lowest BCUT2D eigenvalue weighted by molar-refractivity contribution is -0.149. The predicted octanol–water partition coefficient (Wildman–Crippen LogP) is 2.77. The van der Waals surface area contributed by atoms with Gasteiger partial charge in [0.1, 0.15) is 6.04 Å². The Morgan fingerprint density at radius 3 is 2.50 bits per heavy atom. The molecule has 0 aromatic heterocycles. The molecule has 3 aliphatic heterocycles. The van der Waals surface area contributed by atoms with Crippen LogP contribution in [0.2, 0.25) is 0 Å². The van der Waals surface area contributed by atoms with Gasteiger partial charge in [0.2, 0.25) is 11.8 Å². The Kier molecular flexibility index (Phi) is 6.80. The normalized spacial score (nSPS) is 31.7. The van der Waals surface area contributed by atoms with Crippen LogP contribution in [0.5, 0.6) is 0 Å². The summed E-state index contributed by atoms with van der Waals surface area (Å²) >= 11 is 1.54. The summed E-state index contributed by atoms with van der Waals surface area (Å²) in [6.45, 7) is 14.9. The highest BCUT2D eigenvalue weighted by Gasteiger charge is 2.74. The van der Waals surface area contributed by atoms with Crippen LogP contribution in [0, 0.1) is 17.3 Å². The first-order chi connectivity index (χ1) is 14.8. The van der Waals surface area contributed by atoms with Gasteiger partial charge in [-0.3, -0.25) is 14.4 Å². The minimum atomic E-state index is -0.950. The van der Waals surface area contributed by atoms with E-state index in [9.17, 15) is 24.6 Å². The molecule has 2 amide bonds. The van der Waals surface area contributed by atoms with Crippen LogP contribution in [0.15, 0.2) is 12.7 Å². The number of nitrogens with zero attached hydrogens (tertiary/aromatic N) is 2. The number of likely N-dealkylation sites (tertiary alicyclic amines) is 1. The molecule has 0 aromatic rings. The molecular formula is C24H38N2O5S. The number of rotatable bonds is 9. The number of thioether (sulfide) groups is 1. The van der Waals surface area contributed by atoms with Gasteiger partial charge < -0.3 is 20.0 Å². The maximum absolute atomic E-state index is 14.2. The van der Waals surface area contributed by atoms with Crippen molar-refractivity contribution in [3.05, 3.63) is 12.7 Å². The molecule has 32 heavy (non-hydrogen) atoms. The van der Waals surface area contributed by atoms with Crippen molar-refractivity contribution >= 4 is 29.5 Å². The van der Waals surface area contributed by atoms with Crippen molar-refractivity contribution in [3.8, 4) is 0 Å². The molecule has 0 aromatic carbocycles. The zero-order chi connectivity index (χ0) is 24.1. The number of carboxylic acids is 1. The van der Waals surface area contributed by atoms with E-state index in [-0.39, 0.29) is 35.6 Å². The number of carboxylic acid groups (broad SMARTS) is 1. The summed E-state index contributed by atoms with van der Waals surface area (Å²) in [6, 6.07) is -0.718. The SMILES string of the molecule is C=CCN(C(=O)C1N(CCCO)C(=O)[C@@H]2[C@H](C(=O)O)[C@@H]3CCC12S3)C(C)(C)CC(C)(C)C. The highest BCUT2D eigenvalue weighted by molar-refractivity contribution is 8.02. The second-order valence-electron chi connectivity index (χ2n) is 11.3. The zero-order valence-electron chi connectivity index (χ0n) is 20.0. The van der Waals surface area contributed by atoms with E-state index in [1.165, 1.54) is 0 Å². The van der Waals surface area contributed by atoms with E-state index in [0.717, 1.165) is 6.42 Å². The van der Waals surface area contributed by atoms with Crippen molar-refractivity contribution in [2.75, 3.05) is 19.7 Å². The highest BCUT2D eigenvalue weighted by Crippen LogP contribution is 2.66. The van der Waals surface area contributed by atoms with Crippen molar-refractivity contribution in [3.63, 3.8) is 0 Å². The van der Waals surface area contributed by atoms with Crippen molar-refractivity contribution in [2.45, 2.75) is 81.9 Å². The molecule has 8 heteroatoms. The molecule has 7 nitrogen and oxygen atoms in total. The predicted molar refractivity (Wildman–Crippen MR) is 125 cm³/mol. The molecule has 3 rings (SSSR count). The van der Waals surface area contributed by atoms with Crippen molar-refractivity contribution in [1.82, 2.24) is 9.80 Å². The van der Waals surface area contributed by atoms with Crippen LogP contribution in [-0.2, 0) is 14.4 Å². The summed E-state index contributed by atoms with van der Waals surface area (Å²) in [6.07, 6.45) is 4.20. The van der Waals surface area contributed by atoms with Crippen LogP contribution in [0.3, 0.4) is 0 Å². The minimum absolute atomic E-state index is 0.0128. The molecule has 0 radical (unpaired) electrons. The van der Waals surface area contributed by atoms with Gasteiger partial charge in [0, 0.05) is 30.5 Å². The fourth-order valence-electron chi connectivity index (χ4n) is 6.50. The number of aliphatic hydroxyl groups excluding tert-OH is 1. The van der Waals surface area contributed by atoms with Gasteiger partial charge in [-0.25, -0.2) is 0 Å². The Balaban J connectivity index is 2.05.